The summed E-state index contributed by atoms with van der Waals surface area (Å²) in [5, 5.41) is 3.74. The van der Waals surface area contributed by atoms with Gasteiger partial charge in [0.2, 0.25) is 5.91 Å². The minimum Gasteiger partial charge on any atom is -0.369 e. The number of nitrogens with two attached hydrogens (primary N) is 1. The first-order chi connectivity index (χ1) is 9.65. The van der Waals surface area contributed by atoms with Gasteiger partial charge >= 0.3 is 0 Å². The summed E-state index contributed by atoms with van der Waals surface area (Å²) < 4.78 is 0. The Morgan fingerprint density at radius 3 is 2.45 bits per heavy atom. The van der Waals surface area contributed by atoms with Gasteiger partial charge in [0.25, 0.3) is 0 Å². The van der Waals surface area contributed by atoms with Gasteiger partial charge in [0, 0.05) is 51.0 Å². The number of hydrogen-bond acceptors (Lipinski definition) is 4. The average Bonchev–Trinajstić information content (AvgIpc) is 2.37. The molecule has 3 rings (SSSR count). The number of nitrogens with zero attached hydrogens (tertiary/aromatic N) is 2. The van der Waals surface area contributed by atoms with Gasteiger partial charge < -0.3 is 16.0 Å². The van der Waals surface area contributed by atoms with E-state index in [0.29, 0.717) is 16.6 Å². The molecule has 5 nitrogen and oxygen atoms in total. The van der Waals surface area contributed by atoms with E-state index in [0.717, 1.165) is 45.0 Å². The second-order valence-corrected chi connectivity index (χ2v) is 5.77. The number of rotatable bonds is 3. The van der Waals surface area contributed by atoms with E-state index in [1.54, 1.807) is 6.07 Å². The van der Waals surface area contributed by atoms with E-state index in [9.17, 15) is 4.79 Å². The summed E-state index contributed by atoms with van der Waals surface area (Å²) in [6.07, 6.45) is 0. The quantitative estimate of drug-likeness (QED) is 0.854. The van der Waals surface area contributed by atoms with E-state index < -0.39 is 5.91 Å². The van der Waals surface area contributed by atoms with Crippen LogP contribution in [-0.4, -0.2) is 56.1 Å². The van der Waals surface area contributed by atoms with Crippen LogP contribution in [-0.2, 0) is 0 Å². The third-order valence-corrected chi connectivity index (χ3v) is 4.49. The van der Waals surface area contributed by atoms with Crippen molar-refractivity contribution in [3.63, 3.8) is 0 Å². The van der Waals surface area contributed by atoms with Gasteiger partial charge in [0.1, 0.15) is 0 Å². The average molecular weight is 295 g/mol. The van der Waals surface area contributed by atoms with Gasteiger partial charge in [0.15, 0.2) is 0 Å². The molecule has 0 aliphatic carbocycles. The van der Waals surface area contributed by atoms with Crippen molar-refractivity contribution in [2.45, 2.75) is 6.04 Å². The van der Waals surface area contributed by atoms with E-state index in [1.165, 1.54) is 0 Å². The molecule has 0 unspecified atom stereocenters. The lowest BCUT2D eigenvalue weighted by molar-refractivity contribution is 0.100. The minimum atomic E-state index is -0.483. The first kappa shape index (κ1) is 13.7. The second-order valence-electron chi connectivity index (χ2n) is 5.36. The van der Waals surface area contributed by atoms with Gasteiger partial charge in [-0.1, -0.05) is 11.6 Å². The molecular formula is C14H19ClN4O. The third-order valence-electron chi connectivity index (χ3n) is 4.17. The Balaban J connectivity index is 1.65. The van der Waals surface area contributed by atoms with Crippen LogP contribution in [0.2, 0.25) is 5.02 Å². The normalized spacial score (nSPS) is 20.8. The summed E-state index contributed by atoms with van der Waals surface area (Å²) in [5.41, 5.74) is 6.71. The highest BCUT2D eigenvalue weighted by atomic mass is 35.5. The van der Waals surface area contributed by atoms with Crippen molar-refractivity contribution in [1.29, 1.82) is 0 Å². The predicted octanol–water partition coefficient (Wildman–Crippen LogP) is 0.533. The lowest BCUT2D eigenvalue weighted by atomic mass is 10.1. The van der Waals surface area contributed by atoms with Crippen LogP contribution in [0.25, 0.3) is 0 Å². The molecule has 0 bridgehead atoms. The summed E-state index contributed by atoms with van der Waals surface area (Å²) in [7, 11) is 0. The molecule has 2 saturated heterocycles. The summed E-state index contributed by atoms with van der Waals surface area (Å²) in [4.78, 5) is 16.0. The zero-order valence-corrected chi connectivity index (χ0v) is 12.1. The zero-order valence-electron chi connectivity index (χ0n) is 11.3. The Labute approximate surface area is 123 Å². The molecule has 0 spiro atoms. The van der Waals surface area contributed by atoms with Crippen LogP contribution in [0.15, 0.2) is 18.2 Å². The van der Waals surface area contributed by atoms with Gasteiger partial charge in [-0.05, 0) is 18.2 Å². The molecule has 2 heterocycles. The lowest BCUT2D eigenvalue weighted by Crippen LogP contribution is -2.61. The number of hydrogen-bond donors (Lipinski definition) is 2. The van der Waals surface area contributed by atoms with Crippen molar-refractivity contribution in [3.8, 4) is 0 Å². The molecule has 1 aromatic carbocycles. The second kappa shape index (κ2) is 5.60. The number of nitrogens with one attached hydrogen (secondary N) is 1. The highest BCUT2D eigenvalue weighted by molar-refractivity contribution is 6.34. The zero-order chi connectivity index (χ0) is 14.1. The summed E-state index contributed by atoms with van der Waals surface area (Å²) in [5.74, 6) is -0.483. The first-order valence-corrected chi connectivity index (χ1v) is 7.32. The van der Waals surface area contributed by atoms with E-state index in [4.69, 9.17) is 17.3 Å². The molecule has 6 heteroatoms. The maximum absolute atomic E-state index is 11.2. The fourth-order valence-electron chi connectivity index (χ4n) is 2.78. The topological polar surface area (TPSA) is 61.6 Å². The van der Waals surface area contributed by atoms with Gasteiger partial charge in [-0.25, -0.2) is 0 Å². The van der Waals surface area contributed by atoms with E-state index in [-0.39, 0.29) is 0 Å². The molecule has 20 heavy (non-hydrogen) atoms. The van der Waals surface area contributed by atoms with Crippen LogP contribution >= 0.6 is 11.6 Å². The molecule has 1 amide bonds. The number of carbonyl (C=O) groups is 1. The van der Waals surface area contributed by atoms with E-state index in [1.807, 2.05) is 12.1 Å². The molecular weight excluding hydrogens is 276 g/mol. The summed E-state index contributed by atoms with van der Waals surface area (Å²) >= 11 is 6.11. The summed E-state index contributed by atoms with van der Waals surface area (Å²) in [6.45, 7) is 6.34. The van der Waals surface area contributed by atoms with Gasteiger partial charge in [-0.15, -0.1) is 0 Å². The number of primary amides is 1. The van der Waals surface area contributed by atoms with Crippen LogP contribution < -0.4 is 16.0 Å². The molecule has 2 fully saturated rings. The third kappa shape index (κ3) is 2.61. The first-order valence-electron chi connectivity index (χ1n) is 6.94. The van der Waals surface area contributed by atoms with Crippen molar-refractivity contribution < 1.29 is 4.79 Å². The Morgan fingerprint density at radius 1 is 1.25 bits per heavy atom. The lowest BCUT2D eigenvalue weighted by Gasteiger charge is -2.43. The number of halogens is 1. The van der Waals surface area contributed by atoms with Crippen molar-refractivity contribution >= 4 is 23.2 Å². The Kier molecular flexibility index (Phi) is 3.83. The number of piperazine rings is 1. The maximum Gasteiger partial charge on any atom is 0.250 e. The SMILES string of the molecule is NC(=O)c1ccc(N2CCN(C3CNC3)CC2)cc1Cl. The number of carbonyl (C=O) groups excluding carboxylic acids is 1. The van der Waals surface area contributed by atoms with Crippen LogP contribution in [0.5, 0.6) is 0 Å². The van der Waals surface area contributed by atoms with Gasteiger partial charge in [-0.3, -0.25) is 9.69 Å². The molecule has 0 radical (unpaired) electrons. The van der Waals surface area contributed by atoms with Crippen molar-refractivity contribution in [2.24, 2.45) is 5.73 Å². The van der Waals surface area contributed by atoms with Crippen molar-refractivity contribution in [3.05, 3.63) is 28.8 Å². The Hall–Kier alpha value is -1.30. The molecule has 3 N–H and O–H groups in total. The molecule has 2 aliphatic heterocycles. The molecule has 108 valence electrons. The van der Waals surface area contributed by atoms with Crippen LogP contribution in [0.4, 0.5) is 5.69 Å². The fraction of sp³-hybridized carbons (Fsp3) is 0.500. The molecule has 0 aromatic heterocycles. The van der Waals surface area contributed by atoms with Crippen molar-refractivity contribution in [1.82, 2.24) is 10.2 Å². The monoisotopic (exact) mass is 294 g/mol. The molecule has 0 atom stereocenters. The molecule has 0 saturated carbocycles. The smallest absolute Gasteiger partial charge is 0.250 e. The Bertz CT molecular complexity index is 510. The van der Waals surface area contributed by atoms with Gasteiger partial charge in [-0.2, -0.15) is 0 Å². The van der Waals surface area contributed by atoms with Crippen LogP contribution in [0.1, 0.15) is 10.4 Å². The molecule has 1 aromatic rings. The highest BCUT2D eigenvalue weighted by Gasteiger charge is 2.27. The number of amides is 1. The van der Waals surface area contributed by atoms with Gasteiger partial charge in [0.05, 0.1) is 10.6 Å². The predicted molar refractivity (Wildman–Crippen MR) is 80.4 cm³/mol. The highest BCUT2D eigenvalue weighted by Crippen LogP contribution is 2.25. The summed E-state index contributed by atoms with van der Waals surface area (Å²) in [6, 6.07) is 6.18. The number of benzene rings is 1. The van der Waals surface area contributed by atoms with Crippen LogP contribution in [0.3, 0.4) is 0 Å². The van der Waals surface area contributed by atoms with E-state index in [2.05, 4.69) is 15.1 Å². The van der Waals surface area contributed by atoms with Crippen molar-refractivity contribution in [2.75, 3.05) is 44.2 Å². The largest absolute Gasteiger partial charge is 0.369 e. The molecule has 2 aliphatic rings. The standard InChI is InChI=1S/C14H19ClN4O/c15-13-7-10(1-2-12(13)14(16)20)18-3-5-19(6-4-18)11-8-17-9-11/h1-2,7,11,17H,3-6,8-9H2,(H2,16,20). The Morgan fingerprint density at radius 2 is 1.95 bits per heavy atom. The fourth-order valence-corrected chi connectivity index (χ4v) is 3.05. The minimum absolute atomic E-state index is 0.384. The number of anilines is 1. The van der Waals surface area contributed by atoms with Crippen LogP contribution in [0, 0.1) is 0 Å². The van der Waals surface area contributed by atoms with E-state index >= 15 is 0 Å². The maximum atomic E-state index is 11.2.